The number of carbonyl (C=O) groups excluding carboxylic acids is 2. The van der Waals surface area contributed by atoms with E-state index in [0.717, 1.165) is 116 Å². The van der Waals surface area contributed by atoms with E-state index < -0.39 is 32.5 Å². The van der Waals surface area contributed by atoms with Crippen molar-refractivity contribution in [1.82, 2.24) is 0 Å². The number of phosphoric ester groups is 1. The van der Waals surface area contributed by atoms with Gasteiger partial charge in [0.15, 0.2) is 6.10 Å². The monoisotopic (exact) mass is 1050 g/mol. The summed E-state index contributed by atoms with van der Waals surface area (Å²) in [6.45, 7) is 3.99. The minimum atomic E-state index is -4.65. The van der Waals surface area contributed by atoms with E-state index in [-0.39, 0.29) is 26.1 Å². The van der Waals surface area contributed by atoms with Gasteiger partial charge in [-0.15, -0.1) is 0 Å². The second-order valence-corrected chi connectivity index (χ2v) is 21.7. The molecule has 0 N–H and O–H groups in total. The first-order valence-corrected chi connectivity index (χ1v) is 30.7. The number of phosphoric acid groups is 1. The Bertz CT molecular complexity index is 1660. The molecule has 9 nitrogen and oxygen atoms in total. The zero-order valence-electron chi connectivity index (χ0n) is 47.7. The molecule has 0 saturated carbocycles. The van der Waals surface area contributed by atoms with Gasteiger partial charge in [0.2, 0.25) is 0 Å². The lowest BCUT2D eigenvalue weighted by molar-refractivity contribution is -0.870. The van der Waals surface area contributed by atoms with Gasteiger partial charge in [-0.2, -0.15) is 0 Å². The van der Waals surface area contributed by atoms with E-state index in [9.17, 15) is 19.0 Å². The Morgan fingerprint density at radius 2 is 0.730 bits per heavy atom. The first kappa shape index (κ1) is 70.4. The molecule has 0 spiro atoms. The summed E-state index contributed by atoms with van der Waals surface area (Å²) in [6, 6.07) is 0. The maximum atomic E-state index is 12.8. The van der Waals surface area contributed by atoms with Crippen LogP contribution in [-0.4, -0.2) is 70.0 Å². The third kappa shape index (κ3) is 57.7. The number of likely N-dealkylation sites (N-methyl/N-ethyl adjacent to an activating group) is 1. The van der Waals surface area contributed by atoms with Crippen molar-refractivity contribution in [2.45, 2.75) is 225 Å². The number of unbranched alkanes of at least 4 members (excludes halogenated alkanes) is 18. The molecule has 0 aliphatic heterocycles. The summed E-state index contributed by atoms with van der Waals surface area (Å²) in [6.07, 6.45) is 76.6. The number of rotatable bonds is 52. The summed E-state index contributed by atoms with van der Waals surface area (Å²) in [4.78, 5) is 37.9. The van der Waals surface area contributed by atoms with Crippen LogP contribution in [0.15, 0.2) is 122 Å². The largest absolute Gasteiger partial charge is 0.756 e. The highest BCUT2D eigenvalue weighted by molar-refractivity contribution is 7.45. The van der Waals surface area contributed by atoms with Crippen LogP contribution < -0.4 is 4.89 Å². The molecule has 0 rings (SSSR count). The molecule has 74 heavy (non-hydrogen) atoms. The van der Waals surface area contributed by atoms with Gasteiger partial charge in [0.25, 0.3) is 7.82 Å². The molecule has 0 amide bonds. The smallest absolute Gasteiger partial charge is 0.306 e. The molecular weight excluding hydrogens is 942 g/mol. The second kappa shape index (κ2) is 54.2. The number of carbonyl (C=O) groups is 2. The van der Waals surface area contributed by atoms with Crippen molar-refractivity contribution < 1.29 is 42.1 Å². The third-order valence-corrected chi connectivity index (χ3v) is 12.9. The van der Waals surface area contributed by atoms with Crippen molar-refractivity contribution in [2.24, 2.45) is 0 Å². The lowest BCUT2D eigenvalue weighted by Crippen LogP contribution is -2.37. The normalized spacial score (nSPS) is 14.2. The van der Waals surface area contributed by atoms with E-state index in [1.165, 1.54) is 64.2 Å². The van der Waals surface area contributed by atoms with Crippen molar-refractivity contribution in [3.63, 3.8) is 0 Å². The number of hydrogen-bond donors (Lipinski definition) is 0. The van der Waals surface area contributed by atoms with Crippen LogP contribution in [0.2, 0.25) is 0 Å². The van der Waals surface area contributed by atoms with Crippen LogP contribution >= 0.6 is 7.82 Å². The Morgan fingerprint density at radius 1 is 0.419 bits per heavy atom. The molecular formula is C64H108NO8P. The fourth-order valence-electron chi connectivity index (χ4n) is 7.53. The first-order valence-electron chi connectivity index (χ1n) is 29.2. The molecule has 10 heteroatoms. The van der Waals surface area contributed by atoms with Crippen LogP contribution in [0.3, 0.4) is 0 Å². The fourth-order valence-corrected chi connectivity index (χ4v) is 8.26. The predicted octanol–water partition coefficient (Wildman–Crippen LogP) is 17.7. The van der Waals surface area contributed by atoms with Crippen molar-refractivity contribution in [2.75, 3.05) is 47.5 Å². The molecule has 0 fully saturated rings. The van der Waals surface area contributed by atoms with Gasteiger partial charge in [0, 0.05) is 12.8 Å². The Balaban J connectivity index is 4.21. The average Bonchev–Trinajstić information content (AvgIpc) is 3.36. The minimum absolute atomic E-state index is 0.0396. The Hall–Kier alpha value is -3.59. The summed E-state index contributed by atoms with van der Waals surface area (Å²) in [5.74, 6) is -0.854. The number of nitrogens with zero attached hydrogens (tertiary/aromatic N) is 1. The predicted molar refractivity (Wildman–Crippen MR) is 314 cm³/mol. The van der Waals surface area contributed by atoms with Gasteiger partial charge in [0.1, 0.15) is 19.8 Å². The van der Waals surface area contributed by atoms with E-state index in [4.69, 9.17) is 18.5 Å². The molecule has 0 heterocycles. The first-order chi connectivity index (χ1) is 36.0. The lowest BCUT2D eigenvalue weighted by atomic mass is 10.0. The lowest BCUT2D eigenvalue weighted by Gasteiger charge is -2.28. The highest BCUT2D eigenvalue weighted by atomic mass is 31.2. The van der Waals surface area contributed by atoms with Crippen molar-refractivity contribution in [3.8, 4) is 0 Å². The molecule has 0 aromatic rings. The van der Waals surface area contributed by atoms with E-state index >= 15 is 0 Å². The number of hydrogen-bond acceptors (Lipinski definition) is 8. The maximum absolute atomic E-state index is 12.8. The fraction of sp³-hybridized carbons (Fsp3) is 0.656. The standard InChI is InChI=1S/C64H108NO8P/c1-6-8-10-12-14-16-18-20-22-24-26-28-29-30-31-32-33-34-35-37-39-41-43-45-47-49-51-53-55-57-64(67)73-62(61-72-74(68,69)71-59-58-65(3,4)5)60-70-63(66)56-54-52-50-48-46-44-42-40-38-36-27-25-23-21-19-17-15-13-11-9-7-2/h8-11,14-17,20-23,26-28,30-31,33-34,36,62H,6-7,12-13,18-19,24-25,29,32,35,37-61H2,1-5H3/b10-8-,11-9-,16-14-,17-15-,22-20-,23-21-,28-26-,31-30-,34-33-,36-27-. The minimum Gasteiger partial charge on any atom is -0.756 e. The summed E-state index contributed by atoms with van der Waals surface area (Å²) >= 11 is 0. The number of ether oxygens (including phenoxy) is 2. The van der Waals surface area contributed by atoms with Crippen LogP contribution in [0.4, 0.5) is 0 Å². The molecule has 0 radical (unpaired) electrons. The summed E-state index contributed by atoms with van der Waals surface area (Å²) in [5.41, 5.74) is 0. The molecule has 2 atom stereocenters. The third-order valence-electron chi connectivity index (χ3n) is 12.0. The van der Waals surface area contributed by atoms with E-state index in [1.807, 2.05) is 21.1 Å². The molecule has 0 bridgehead atoms. The Labute approximate surface area is 454 Å². The quantitative estimate of drug-likeness (QED) is 0.0195. The number of quaternary nitrogens is 1. The van der Waals surface area contributed by atoms with Gasteiger partial charge in [-0.1, -0.05) is 225 Å². The molecule has 0 aliphatic carbocycles. The van der Waals surface area contributed by atoms with Crippen LogP contribution in [-0.2, 0) is 32.7 Å². The molecule has 0 aromatic carbocycles. The zero-order valence-corrected chi connectivity index (χ0v) is 48.6. The maximum Gasteiger partial charge on any atom is 0.306 e. The van der Waals surface area contributed by atoms with E-state index in [2.05, 4.69) is 135 Å². The van der Waals surface area contributed by atoms with Crippen LogP contribution in [0.1, 0.15) is 219 Å². The summed E-state index contributed by atoms with van der Waals surface area (Å²) < 4.78 is 34.2. The molecule has 422 valence electrons. The molecule has 2 unspecified atom stereocenters. The van der Waals surface area contributed by atoms with Gasteiger partial charge >= 0.3 is 11.9 Å². The van der Waals surface area contributed by atoms with Crippen molar-refractivity contribution >= 4 is 19.8 Å². The number of allylic oxidation sites excluding steroid dienone is 20. The van der Waals surface area contributed by atoms with Gasteiger partial charge in [0.05, 0.1) is 27.7 Å². The molecule has 0 saturated heterocycles. The summed E-state index contributed by atoms with van der Waals surface area (Å²) in [5, 5.41) is 0. The van der Waals surface area contributed by atoms with Crippen molar-refractivity contribution in [3.05, 3.63) is 122 Å². The van der Waals surface area contributed by atoms with Gasteiger partial charge < -0.3 is 27.9 Å². The second-order valence-electron chi connectivity index (χ2n) is 20.2. The highest BCUT2D eigenvalue weighted by Gasteiger charge is 2.21. The number of esters is 2. The Kier molecular flexibility index (Phi) is 51.6. The van der Waals surface area contributed by atoms with E-state index in [0.29, 0.717) is 23.9 Å². The zero-order chi connectivity index (χ0) is 54.2. The van der Waals surface area contributed by atoms with Crippen LogP contribution in [0, 0.1) is 0 Å². The topological polar surface area (TPSA) is 111 Å². The van der Waals surface area contributed by atoms with Gasteiger partial charge in [-0.05, 0) is 103 Å². The SMILES string of the molecule is CC/C=C\C/C=C\C/C=C\C/C=C\C/C=C\C/C=C\CCCCCCCCCCCCC(=O)OC(COC(=O)CCCCCCCCCC/C=C\C/C=C\C/C=C\C/C=C\CC)COP(=O)([O-])OCC[N+](C)(C)C. The van der Waals surface area contributed by atoms with E-state index in [1.54, 1.807) is 0 Å². The molecule has 0 aliphatic rings. The Morgan fingerprint density at radius 3 is 1.08 bits per heavy atom. The highest BCUT2D eigenvalue weighted by Crippen LogP contribution is 2.38. The van der Waals surface area contributed by atoms with Gasteiger partial charge in [-0.25, -0.2) is 0 Å². The van der Waals surface area contributed by atoms with Gasteiger partial charge in [-0.3, -0.25) is 14.2 Å². The molecule has 0 aromatic heterocycles. The average molecular weight is 1050 g/mol. The summed E-state index contributed by atoms with van der Waals surface area (Å²) in [7, 11) is 1.14. The van der Waals surface area contributed by atoms with Crippen LogP contribution in [0.25, 0.3) is 0 Å². The van der Waals surface area contributed by atoms with Crippen molar-refractivity contribution in [1.29, 1.82) is 0 Å². The van der Waals surface area contributed by atoms with Crippen LogP contribution in [0.5, 0.6) is 0 Å².